The largest absolute Gasteiger partial charge is 0.340 e. The first-order valence-electron chi connectivity index (χ1n) is 10.9. The van der Waals surface area contributed by atoms with Crippen LogP contribution in [0.4, 0.5) is 11.5 Å². The van der Waals surface area contributed by atoms with E-state index in [1.165, 1.54) is 11.6 Å². The number of hydrogen-bond donors (Lipinski definition) is 1. The van der Waals surface area contributed by atoms with Crippen molar-refractivity contribution in [1.29, 1.82) is 0 Å². The highest BCUT2D eigenvalue weighted by Gasteiger charge is 2.22. The van der Waals surface area contributed by atoms with Crippen molar-refractivity contribution in [2.24, 2.45) is 13.0 Å². The van der Waals surface area contributed by atoms with Crippen LogP contribution in [0.25, 0.3) is 11.0 Å². The summed E-state index contributed by atoms with van der Waals surface area (Å²) in [5.74, 6) is 0.629. The van der Waals surface area contributed by atoms with E-state index < -0.39 is 21.1 Å². The molecule has 10 heteroatoms. The maximum Gasteiger partial charge on any atom is 0.332 e. The Labute approximate surface area is 197 Å². The number of fused-ring (bicyclic) bond motifs is 1. The highest BCUT2D eigenvalue weighted by atomic mass is 32.2. The molecule has 4 aromatic rings. The van der Waals surface area contributed by atoms with Gasteiger partial charge in [-0.05, 0) is 35.7 Å². The molecule has 0 saturated heterocycles. The number of hydrogen-bond acceptors (Lipinski definition) is 6. The molecule has 2 heterocycles. The molecule has 9 nitrogen and oxygen atoms in total. The van der Waals surface area contributed by atoms with Crippen molar-refractivity contribution < 1.29 is 8.42 Å². The highest BCUT2D eigenvalue weighted by Crippen LogP contribution is 2.25. The summed E-state index contributed by atoms with van der Waals surface area (Å²) in [6.07, 6.45) is 1.16. The molecule has 0 aliphatic rings. The fourth-order valence-corrected chi connectivity index (χ4v) is 4.44. The zero-order valence-electron chi connectivity index (χ0n) is 19.5. The molecule has 4 rings (SSSR count). The van der Waals surface area contributed by atoms with Gasteiger partial charge in [-0.15, -0.1) is 0 Å². The van der Waals surface area contributed by atoms with Crippen LogP contribution in [0.15, 0.2) is 69.1 Å². The Morgan fingerprint density at radius 1 is 1.00 bits per heavy atom. The van der Waals surface area contributed by atoms with Crippen LogP contribution in [0.5, 0.6) is 0 Å². The minimum Gasteiger partial charge on any atom is -0.340 e. The van der Waals surface area contributed by atoms with Gasteiger partial charge in [-0.3, -0.25) is 13.9 Å². The molecular weight excluding hydrogens is 454 g/mol. The summed E-state index contributed by atoms with van der Waals surface area (Å²) < 4.78 is 27.9. The van der Waals surface area contributed by atoms with Crippen LogP contribution in [0.3, 0.4) is 0 Å². The third kappa shape index (κ3) is 4.54. The van der Waals surface area contributed by atoms with Crippen molar-refractivity contribution in [2.75, 3.05) is 11.6 Å². The minimum atomic E-state index is -3.31. The Kier molecular flexibility index (Phi) is 6.18. The molecule has 0 amide bonds. The molecular formula is C24H27N5O4S. The van der Waals surface area contributed by atoms with Crippen LogP contribution in [-0.2, 0) is 30.0 Å². The molecule has 178 valence electrons. The quantitative estimate of drug-likeness (QED) is 0.435. The van der Waals surface area contributed by atoms with Gasteiger partial charge in [-0.2, -0.15) is 5.10 Å². The van der Waals surface area contributed by atoms with Gasteiger partial charge in [-0.25, -0.2) is 17.9 Å². The number of sulfone groups is 1. The smallest absolute Gasteiger partial charge is 0.332 e. The molecule has 1 N–H and O–H groups in total. The predicted molar refractivity (Wildman–Crippen MR) is 132 cm³/mol. The van der Waals surface area contributed by atoms with Crippen molar-refractivity contribution >= 4 is 32.4 Å². The second-order valence-electron chi connectivity index (χ2n) is 8.76. The Hall–Kier alpha value is -3.66. The van der Waals surface area contributed by atoms with E-state index >= 15 is 0 Å². The third-order valence-corrected chi connectivity index (χ3v) is 6.62. The molecule has 0 unspecified atom stereocenters. The topological polar surface area (TPSA) is 108 Å². The summed E-state index contributed by atoms with van der Waals surface area (Å²) in [5.41, 5.74) is 1.03. The zero-order valence-corrected chi connectivity index (χ0v) is 20.3. The van der Waals surface area contributed by atoms with Gasteiger partial charge >= 0.3 is 5.69 Å². The van der Waals surface area contributed by atoms with Gasteiger partial charge in [0.2, 0.25) is 0 Å². The minimum absolute atomic E-state index is 0.164. The van der Waals surface area contributed by atoms with Crippen molar-refractivity contribution in [1.82, 2.24) is 18.9 Å². The van der Waals surface area contributed by atoms with E-state index in [9.17, 15) is 18.0 Å². The summed E-state index contributed by atoms with van der Waals surface area (Å²) in [7, 11) is -1.84. The van der Waals surface area contributed by atoms with Gasteiger partial charge in [-0.1, -0.05) is 44.2 Å². The van der Waals surface area contributed by atoms with Crippen LogP contribution in [0.2, 0.25) is 0 Å². The SMILES string of the molecule is CC(C)Cn1c(=O)n(C)c(=O)c2c(Nc3ccccc3)n(Cc3ccc(S(C)(=O)=O)cc3)nc21. The van der Waals surface area contributed by atoms with E-state index in [-0.39, 0.29) is 17.4 Å². The molecule has 0 radical (unpaired) electrons. The fraction of sp³-hybridized carbons (Fsp3) is 0.292. The van der Waals surface area contributed by atoms with E-state index in [0.29, 0.717) is 23.4 Å². The Morgan fingerprint density at radius 2 is 1.65 bits per heavy atom. The lowest BCUT2D eigenvalue weighted by molar-refractivity contribution is 0.498. The molecule has 34 heavy (non-hydrogen) atoms. The van der Waals surface area contributed by atoms with Crippen LogP contribution >= 0.6 is 0 Å². The number of nitrogens with zero attached hydrogens (tertiary/aromatic N) is 4. The number of para-hydroxylation sites is 1. The second kappa shape index (κ2) is 8.94. The van der Waals surface area contributed by atoms with Gasteiger partial charge in [0.05, 0.1) is 11.4 Å². The first-order valence-corrected chi connectivity index (χ1v) is 12.8. The summed E-state index contributed by atoms with van der Waals surface area (Å²) >= 11 is 0. The normalized spacial score (nSPS) is 11.9. The number of aromatic nitrogens is 4. The molecule has 0 fully saturated rings. The van der Waals surface area contributed by atoms with Crippen LogP contribution < -0.4 is 16.6 Å². The van der Waals surface area contributed by atoms with Crippen LogP contribution in [0.1, 0.15) is 19.4 Å². The van der Waals surface area contributed by atoms with Crippen LogP contribution in [-0.4, -0.2) is 33.6 Å². The zero-order chi connectivity index (χ0) is 24.6. The summed E-state index contributed by atoms with van der Waals surface area (Å²) in [6.45, 7) is 4.67. The van der Waals surface area contributed by atoms with E-state index in [2.05, 4.69) is 10.4 Å². The summed E-state index contributed by atoms with van der Waals surface area (Å²) in [6, 6.07) is 15.9. The second-order valence-corrected chi connectivity index (χ2v) is 10.8. The number of anilines is 2. The fourth-order valence-electron chi connectivity index (χ4n) is 3.81. The van der Waals surface area contributed by atoms with E-state index in [0.717, 1.165) is 22.1 Å². The van der Waals surface area contributed by atoms with Crippen molar-refractivity contribution in [3.8, 4) is 0 Å². The average molecular weight is 482 g/mol. The van der Waals surface area contributed by atoms with Crippen molar-refractivity contribution in [2.45, 2.75) is 31.8 Å². The molecule has 0 aliphatic carbocycles. The van der Waals surface area contributed by atoms with Gasteiger partial charge in [0.15, 0.2) is 15.5 Å². The maximum atomic E-state index is 13.2. The van der Waals surface area contributed by atoms with Gasteiger partial charge < -0.3 is 5.32 Å². The third-order valence-electron chi connectivity index (χ3n) is 5.49. The van der Waals surface area contributed by atoms with E-state index in [1.807, 2.05) is 44.2 Å². The van der Waals surface area contributed by atoms with Gasteiger partial charge in [0.1, 0.15) is 11.2 Å². The van der Waals surface area contributed by atoms with Crippen LogP contribution in [0, 0.1) is 5.92 Å². The molecule has 2 aromatic heterocycles. The lowest BCUT2D eigenvalue weighted by Gasteiger charge is -2.12. The molecule has 0 atom stereocenters. The van der Waals surface area contributed by atoms with Crippen molar-refractivity contribution in [3.05, 3.63) is 81.0 Å². The Morgan fingerprint density at radius 3 is 2.24 bits per heavy atom. The van der Waals surface area contributed by atoms with E-state index in [4.69, 9.17) is 0 Å². The number of nitrogens with one attached hydrogen (secondary N) is 1. The lowest BCUT2D eigenvalue weighted by atomic mass is 10.2. The maximum absolute atomic E-state index is 13.2. The number of rotatable bonds is 7. The molecule has 2 aromatic carbocycles. The van der Waals surface area contributed by atoms with Crippen molar-refractivity contribution in [3.63, 3.8) is 0 Å². The predicted octanol–water partition coefficient (Wildman–Crippen LogP) is 2.75. The first kappa shape index (κ1) is 23.5. The van der Waals surface area contributed by atoms with E-state index in [1.54, 1.807) is 28.9 Å². The van der Waals surface area contributed by atoms with Gasteiger partial charge in [0, 0.05) is 25.5 Å². The summed E-state index contributed by atoms with van der Waals surface area (Å²) in [4.78, 5) is 26.3. The molecule has 0 bridgehead atoms. The standard InChI is InChI=1S/C24H27N5O4S/c1-16(2)14-28-22-20(23(30)27(3)24(28)31)21(25-18-8-6-5-7-9-18)29(26-22)15-17-10-12-19(13-11-17)34(4,32)33/h5-13,16,25H,14-15H2,1-4H3. The average Bonchev–Trinajstić information content (AvgIpc) is 3.13. The Bertz CT molecular complexity index is 1560. The highest BCUT2D eigenvalue weighted by molar-refractivity contribution is 7.90. The van der Waals surface area contributed by atoms with Gasteiger partial charge in [0.25, 0.3) is 5.56 Å². The first-order chi connectivity index (χ1) is 16.1. The molecule has 0 aliphatic heterocycles. The molecule has 0 spiro atoms. The Balaban J connectivity index is 1.92. The molecule has 0 saturated carbocycles. The number of benzene rings is 2. The summed E-state index contributed by atoms with van der Waals surface area (Å²) in [5, 5.41) is 8.29. The lowest BCUT2D eigenvalue weighted by Crippen LogP contribution is -2.38. The monoisotopic (exact) mass is 481 g/mol.